The van der Waals surface area contributed by atoms with Gasteiger partial charge in [-0.1, -0.05) is 41.4 Å². The van der Waals surface area contributed by atoms with Crippen LogP contribution in [-0.4, -0.2) is 53.5 Å². The van der Waals surface area contributed by atoms with E-state index < -0.39 is 0 Å². The van der Waals surface area contributed by atoms with E-state index in [0.717, 1.165) is 35.6 Å². The van der Waals surface area contributed by atoms with Gasteiger partial charge in [0.1, 0.15) is 0 Å². The van der Waals surface area contributed by atoms with Gasteiger partial charge in [0.25, 0.3) is 5.91 Å². The Morgan fingerprint density at radius 3 is 2.48 bits per heavy atom. The number of fused-ring (bicyclic) bond motifs is 1. The van der Waals surface area contributed by atoms with Crippen LogP contribution in [0.15, 0.2) is 54.6 Å². The zero-order valence-electron chi connectivity index (χ0n) is 15.9. The van der Waals surface area contributed by atoms with Crippen LogP contribution in [0.1, 0.15) is 5.56 Å². The van der Waals surface area contributed by atoms with Crippen LogP contribution in [0.3, 0.4) is 0 Å². The third kappa shape index (κ3) is 4.99. The fraction of sp³-hybridized carbons (Fsp3) is 0.273. The van der Waals surface area contributed by atoms with E-state index in [-0.39, 0.29) is 12.5 Å². The van der Waals surface area contributed by atoms with Crippen molar-refractivity contribution < 1.29 is 9.53 Å². The van der Waals surface area contributed by atoms with Crippen LogP contribution in [0, 0.1) is 0 Å². The molecule has 0 N–H and O–H groups in total. The number of carbonyl (C=O) groups excluding carboxylic acids is 1. The Balaban J connectivity index is 1.27. The van der Waals surface area contributed by atoms with Gasteiger partial charge in [-0.05, 0) is 35.9 Å². The molecule has 2 heterocycles. The van der Waals surface area contributed by atoms with Crippen molar-refractivity contribution in [3.8, 4) is 5.88 Å². The molecule has 0 aliphatic carbocycles. The maximum absolute atomic E-state index is 12.5. The minimum Gasteiger partial charge on any atom is -0.468 e. The fourth-order valence-corrected chi connectivity index (χ4v) is 3.77. The van der Waals surface area contributed by atoms with Crippen molar-refractivity contribution in [2.45, 2.75) is 6.54 Å². The van der Waals surface area contributed by atoms with Crippen LogP contribution in [0.4, 0.5) is 0 Å². The highest BCUT2D eigenvalue weighted by Crippen LogP contribution is 2.24. The molecule has 150 valence electrons. The molecule has 1 aromatic heterocycles. The average molecular weight is 430 g/mol. The van der Waals surface area contributed by atoms with E-state index >= 15 is 0 Å². The molecule has 7 heteroatoms. The molecule has 1 fully saturated rings. The molecule has 1 saturated heterocycles. The first-order valence-corrected chi connectivity index (χ1v) is 10.3. The predicted molar refractivity (Wildman–Crippen MR) is 116 cm³/mol. The maximum atomic E-state index is 12.5. The number of benzene rings is 2. The number of carbonyl (C=O) groups is 1. The number of nitrogens with zero attached hydrogens (tertiary/aromatic N) is 3. The van der Waals surface area contributed by atoms with E-state index in [9.17, 15) is 4.79 Å². The van der Waals surface area contributed by atoms with Crippen molar-refractivity contribution in [3.63, 3.8) is 0 Å². The molecule has 1 aliphatic rings. The molecule has 1 aliphatic heterocycles. The highest BCUT2D eigenvalue weighted by Gasteiger charge is 2.21. The van der Waals surface area contributed by atoms with Gasteiger partial charge < -0.3 is 9.64 Å². The van der Waals surface area contributed by atoms with Gasteiger partial charge in [-0.15, -0.1) is 0 Å². The standard InChI is InChI=1S/C22H21Cl2N3O2/c23-17-6-4-16(5-7-17)14-26-10-12-27(13-11-26)22(28)15-29-21-9-8-18-19(24)2-1-3-20(18)25-21/h1-9H,10-15H2. The summed E-state index contributed by atoms with van der Waals surface area (Å²) >= 11 is 12.1. The van der Waals surface area contributed by atoms with E-state index in [1.54, 1.807) is 6.07 Å². The predicted octanol–water partition coefficient (Wildman–Crippen LogP) is 4.26. The summed E-state index contributed by atoms with van der Waals surface area (Å²) in [6, 6.07) is 17.0. The minimum atomic E-state index is -0.0240. The molecule has 29 heavy (non-hydrogen) atoms. The van der Waals surface area contributed by atoms with Gasteiger partial charge in [-0.2, -0.15) is 0 Å². The highest BCUT2D eigenvalue weighted by atomic mass is 35.5. The Labute approximate surface area is 179 Å². The summed E-state index contributed by atoms with van der Waals surface area (Å²) in [5, 5.41) is 2.26. The second kappa shape index (κ2) is 8.99. The van der Waals surface area contributed by atoms with Crippen LogP contribution >= 0.6 is 23.2 Å². The number of piperazine rings is 1. The van der Waals surface area contributed by atoms with Crippen molar-refractivity contribution in [1.82, 2.24) is 14.8 Å². The lowest BCUT2D eigenvalue weighted by molar-refractivity contribution is -0.135. The Bertz CT molecular complexity index is 1000. The van der Waals surface area contributed by atoms with Crippen LogP contribution in [0.25, 0.3) is 10.9 Å². The third-order valence-corrected chi connectivity index (χ3v) is 5.62. The number of rotatable bonds is 5. The molecule has 0 saturated carbocycles. The van der Waals surface area contributed by atoms with E-state index in [0.29, 0.717) is 24.0 Å². The monoisotopic (exact) mass is 429 g/mol. The van der Waals surface area contributed by atoms with E-state index in [1.165, 1.54) is 5.56 Å². The molecule has 0 atom stereocenters. The molecule has 4 rings (SSSR count). The van der Waals surface area contributed by atoms with Crippen molar-refractivity contribution in [1.29, 1.82) is 0 Å². The summed E-state index contributed by atoms with van der Waals surface area (Å²) in [7, 11) is 0. The molecule has 0 bridgehead atoms. The van der Waals surface area contributed by atoms with E-state index in [1.807, 2.05) is 53.4 Å². The number of aromatic nitrogens is 1. The number of halogens is 2. The van der Waals surface area contributed by atoms with Crippen molar-refractivity contribution in [2.75, 3.05) is 32.8 Å². The summed E-state index contributed by atoms with van der Waals surface area (Å²) in [4.78, 5) is 21.1. The molecule has 2 aromatic carbocycles. The van der Waals surface area contributed by atoms with Crippen molar-refractivity contribution in [2.24, 2.45) is 0 Å². The zero-order chi connectivity index (χ0) is 20.2. The first kappa shape index (κ1) is 20.0. The summed E-state index contributed by atoms with van der Waals surface area (Å²) in [6.45, 7) is 3.89. The second-order valence-electron chi connectivity index (χ2n) is 7.03. The lowest BCUT2D eigenvalue weighted by Crippen LogP contribution is -2.49. The lowest BCUT2D eigenvalue weighted by Gasteiger charge is -2.34. The summed E-state index contributed by atoms with van der Waals surface area (Å²) in [5.74, 6) is 0.402. The molecular formula is C22H21Cl2N3O2. The van der Waals surface area contributed by atoms with Crippen LogP contribution in [0.5, 0.6) is 5.88 Å². The topological polar surface area (TPSA) is 45.7 Å². The smallest absolute Gasteiger partial charge is 0.260 e. The summed E-state index contributed by atoms with van der Waals surface area (Å²) in [5.41, 5.74) is 1.97. The number of amides is 1. The molecule has 1 amide bonds. The van der Waals surface area contributed by atoms with Gasteiger partial charge >= 0.3 is 0 Å². The van der Waals surface area contributed by atoms with Gasteiger partial charge in [-0.25, -0.2) is 4.98 Å². The Morgan fingerprint density at radius 1 is 0.966 bits per heavy atom. The van der Waals surface area contributed by atoms with Gasteiger partial charge in [0.05, 0.1) is 5.52 Å². The summed E-state index contributed by atoms with van der Waals surface area (Å²) in [6.07, 6.45) is 0. The van der Waals surface area contributed by atoms with Gasteiger partial charge in [0.15, 0.2) is 6.61 Å². The van der Waals surface area contributed by atoms with Crippen molar-refractivity contribution >= 4 is 40.0 Å². The first-order valence-electron chi connectivity index (χ1n) is 9.51. The van der Waals surface area contributed by atoms with Gasteiger partial charge in [0.2, 0.25) is 5.88 Å². The Hall–Kier alpha value is -2.34. The van der Waals surface area contributed by atoms with Crippen LogP contribution < -0.4 is 4.74 Å². The van der Waals surface area contributed by atoms with E-state index in [2.05, 4.69) is 9.88 Å². The SMILES string of the molecule is O=C(COc1ccc2c(Cl)cccc2n1)N1CCN(Cc2ccc(Cl)cc2)CC1. The lowest BCUT2D eigenvalue weighted by atomic mass is 10.2. The zero-order valence-corrected chi connectivity index (χ0v) is 17.4. The second-order valence-corrected chi connectivity index (χ2v) is 7.87. The Morgan fingerprint density at radius 2 is 1.72 bits per heavy atom. The quantitative estimate of drug-likeness (QED) is 0.607. The summed E-state index contributed by atoms with van der Waals surface area (Å²) < 4.78 is 5.63. The number of hydrogen-bond acceptors (Lipinski definition) is 4. The highest BCUT2D eigenvalue weighted by molar-refractivity contribution is 6.35. The van der Waals surface area contributed by atoms with Crippen LogP contribution in [0.2, 0.25) is 10.0 Å². The largest absolute Gasteiger partial charge is 0.468 e. The number of hydrogen-bond donors (Lipinski definition) is 0. The fourth-order valence-electron chi connectivity index (χ4n) is 3.41. The molecule has 0 unspecified atom stereocenters. The molecule has 0 radical (unpaired) electrons. The Kier molecular flexibility index (Phi) is 6.19. The molecular weight excluding hydrogens is 409 g/mol. The van der Waals surface area contributed by atoms with Crippen molar-refractivity contribution in [3.05, 3.63) is 70.2 Å². The molecule has 0 spiro atoms. The van der Waals surface area contributed by atoms with Crippen LogP contribution in [-0.2, 0) is 11.3 Å². The molecule has 5 nitrogen and oxygen atoms in total. The maximum Gasteiger partial charge on any atom is 0.260 e. The minimum absolute atomic E-state index is 0.0176. The molecule has 3 aromatic rings. The third-order valence-electron chi connectivity index (χ3n) is 5.04. The number of pyridine rings is 1. The van der Waals surface area contributed by atoms with E-state index in [4.69, 9.17) is 27.9 Å². The average Bonchev–Trinajstić information content (AvgIpc) is 2.74. The number of ether oxygens (including phenoxy) is 1. The van der Waals surface area contributed by atoms with Gasteiger partial charge in [0, 0.05) is 54.2 Å². The first-order chi connectivity index (χ1) is 14.1. The van der Waals surface area contributed by atoms with Gasteiger partial charge in [-0.3, -0.25) is 9.69 Å². The normalized spacial score (nSPS) is 14.9.